The van der Waals surface area contributed by atoms with Crippen LogP contribution in [-0.2, 0) is 0 Å². The summed E-state index contributed by atoms with van der Waals surface area (Å²) in [6, 6.07) is 52.3. The van der Waals surface area contributed by atoms with Gasteiger partial charge in [0.25, 0.3) is 0 Å². The number of hydrogen-bond acceptors (Lipinski definition) is 2. The highest BCUT2D eigenvalue weighted by molar-refractivity contribution is 7.04. The largest absolute Gasteiger partial charge is 0.309 e. The van der Waals surface area contributed by atoms with Crippen molar-refractivity contribution in [1.82, 2.24) is 19.1 Å². The standard InChI is InChI=1S/C42H30N4Si/c1-47(2)38-24-14-11-21-31(38)40-41(47)39(27-15-5-3-6-16-27)43-42(44-40)46-35-23-13-10-20-30(35)33-25-32-29-19-9-12-22-34(29)45(36(32)26-37(33)46)28-17-7-4-8-18-28/h3-26H,1-2H3. The van der Waals surface area contributed by atoms with Crippen LogP contribution in [0.3, 0.4) is 0 Å². The molecule has 0 bridgehead atoms. The van der Waals surface area contributed by atoms with Gasteiger partial charge in [-0.15, -0.1) is 0 Å². The highest BCUT2D eigenvalue weighted by atomic mass is 28.3. The molecule has 10 rings (SSSR count). The molecule has 0 amide bonds. The second-order valence-electron chi connectivity index (χ2n) is 13.1. The van der Waals surface area contributed by atoms with E-state index in [-0.39, 0.29) is 0 Å². The van der Waals surface area contributed by atoms with Crippen molar-refractivity contribution in [3.63, 3.8) is 0 Å². The van der Waals surface area contributed by atoms with Crippen LogP contribution in [0.5, 0.6) is 0 Å². The van der Waals surface area contributed by atoms with Gasteiger partial charge >= 0.3 is 0 Å². The summed E-state index contributed by atoms with van der Waals surface area (Å²) >= 11 is 0. The monoisotopic (exact) mass is 618 g/mol. The maximum Gasteiger partial charge on any atom is 0.235 e. The fourth-order valence-corrected chi connectivity index (χ4v) is 11.2. The lowest BCUT2D eigenvalue weighted by Gasteiger charge is -2.21. The first-order valence-electron chi connectivity index (χ1n) is 16.2. The minimum Gasteiger partial charge on any atom is -0.309 e. The average molecular weight is 619 g/mol. The quantitative estimate of drug-likeness (QED) is 0.185. The van der Waals surface area contributed by atoms with E-state index in [1.807, 2.05) is 0 Å². The van der Waals surface area contributed by atoms with E-state index in [0.29, 0.717) is 5.95 Å². The van der Waals surface area contributed by atoms with Crippen molar-refractivity contribution < 1.29 is 0 Å². The van der Waals surface area contributed by atoms with Crippen molar-refractivity contribution in [3.05, 3.63) is 146 Å². The van der Waals surface area contributed by atoms with E-state index < -0.39 is 8.07 Å². The van der Waals surface area contributed by atoms with Gasteiger partial charge in [-0.05, 0) is 52.3 Å². The Hall–Kier alpha value is -5.78. The first kappa shape index (κ1) is 26.4. The third kappa shape index (κ3) is 3.63. The number of para-hydroxylation sites is 3. The molecule has 0 unspecified atom stereocenters. The third-order valence-corrected chi connectivity index (χ3v) is 13.6. The fourth-order valence-electron chi connectivity index (χ4n) is 8.01. The molecule has 4 nitrogen and oxygen atoms in total. The van der Waals surface area contributed by atoms with E-state index >= 15 is 0 Å². The van der Waals surface area contributed by atoms with Gasteiger partial charge in [-0.2, -0.15) is 0 Å². The molecule has 0 radical (unpaired) electrons. The molecule has 1 aliphatic heterocycles. The molecule has 0 saturated heterocycles. The van der Waals surface area contributed by atoms with Crippen molar-refractivity contribution in [1.29, 1.82) is 0 Å². The van der Waals surface area contributed by atoms with E-state index in [1.165, 1.54) is 43.0 Å². The Morgan fingerprint density at radius 3 is 1.74 bits per heavy atom. The molecule has 4 heterocycles. The van der Waals surface area contributed by atoms with Crippen LogP contribution < -0.4 is 10.4 Å². The number of benzene rings is 6. The summed E-state index contributed by atoms with van der Waals surface area (Å²) in [6.45, 7) is 4.87. The zero-order valence-electron chi connectivity index (χ0n) is 26.1. The molecule has 47 heavy (non-hydrogen) atoms. The van der Waals surface area contributed by atoms with Crippen LogP contribution in [0.1, 0.15) is 0 Å². The second-order valence-corrected chi connectivity index (χ2v) is 17.3. The van der Waals surface area contributed by atoms with Crippen molar-refractivity contribution in [2.75, 3.05) is 0 Å². The molecule has 9 aromatic rings. The van der Waals surface area contributed by atoms with E-state index in [4.69, 9.17) is 9.97 Å². The van der Waals surface area contributed by atoms with Crippen LogP contribution in [0.25, 0.3) is 77.8 Å². The highest BCUT2D eigenvalue weighted by Crippen LogP contribution is 2.40. The maximum atomic E-state index is 5.52. The van der Waals surface area contributed by atoms with Crippen LogP contribution in [-0.4, -0.2) is 27.2 Å². The Labute approximate surface area is 273 Å². The summed E-state index contributed by atoms with van der Waals surface area (Å²) in [6.07, 6.45) is 0. The zero-order valence-corrected chi connectivity index (χ0v) is 27.1. The molecule has 0 atom stereocenters. The molecule has 0 saturated carbocycles. The van der Waals surface area contributed by atoms with Crippen LogP contribution >= 0.6 is 0 Å². The van der Waals surface area contributed by atoms with Gasteiger partial charge < -0.3 is 4.57 Å². The normalized spacial score (nSPS) is 13.5. The minimum atomic E-state index is -2.06. The summed E-state index contributed by atoms with van der Waals surface area (Å²) < 4.78 is 4.68. The van der Waals surface area contributed by atoms with Gasteiger partial charge in [0.15, 0.2) is 0 Å². The predicted molar refractivity (Wildman–Crippen MR) is 198 cm³/mol. The Kier molecular flexibility index (Phi) is 5.41. The molecule has 3 aromatic heterocycles. The second kappa shape index (κ2) is 9.61. The van der Waals surface area contributed by atoms with E-state index in [1.54, 1.807) is 0 Å². The first-order valence-corrected chi connectivity index (χ1v) is 19.2. The summed E-state index contributed by atoms with van der Waals surface area (Å²) in [7, 11) is -2.06. The topological polar surface area (TPSA) is 35.6 Å². The minimum absolute atomic E-state index is 0.706. The summed E-state index contributed by atoms with van der Waals surface area (Å²) in [4.78, 5) is 11.0. The Balaban J connectivity index is 1.36. The van der Waals surface area contributed by atoms with E-state index in [0.717, 1.165) is 39.2 Å². The lowest BCUT2D eigenvalue weighted by Crippen LogP contribution is -2.50. The maximum absolute atomic E-state index is 5.52. The molecule has 222 valence electrons. The number of aromatic nitrogens is 4. The molecule has 5 heteroatoms. The molecular formula is C42H30N4Si. The highest BCUT2D eigenvalue weighted by Gasteiger charge is 2.41. The number of hydrogen-bond donors (Lipinski definition) is 0. The molecular weight excluding hydrogens is 589 g/mol. The molecule has 0 fully saturated rings. The van der Waals surface area contributed by atoms with Crippen molar-refractivity contribution in [3.8, 4) is 34.2 Å². The van der Waals surface area contributed by atoms with E-state index in [9.17, 15) is 0 Å². The fraction of sp³-hybridized carbons (Fsp3) is 0.0476. The lowest BCUT2D eigenvalue weighted by molar-refractivity contribution is 1.00. The van der Waals surface area contributed by atoms with Gasteiger partial charge in [-0.1, -0.05) is 122 Å². The van der Waals surface area contributed by atoms with Crippen LogP contribution in [0.15, 0.2) is 146 Å². The molecule has 0 aliphatic carbocycles. The van der Waals surface area contributed by atoms with Crippen LogP contribution in [0.2, 0.25) is 13.1 Å². The smallest absolute Gasteiger partial charge is 0.235 e. The molecule has 6 aromatic carbocycles. The molecule has 1 aliphatic rings. The van der Waals surface area contributed by atoms with Gasteiger partial charge in [-0.25, -0.2) is 9.97 Å². The summed E-state index contributed by atoms with van der Waals surface area (Å²) in [5.74, 6) is 0.706. The van der Waals surface area contributed by atoms with Crippen LogP contribution in [0, 0.1) is 0 Å². The molecule has 0 N–H and O–H groups in total. The van der Waals surface area contributed by atoms with Crippen molar-refractivity contribution in [2.45, 2.75) is 13.1 Å². The summed E-state index contributed by atoms with van der Waals surface area (Å²) in [5, 5.41) is 7.62. The Morgan fingerprint density at radius 1 is 0.468 bits per heavy atom. The Morgan fingerprint density at radius 2 is 1.02 bits per heavy atom. The average Bonchev–Trinajstić information content (AvgIpc) is 3.70. The summed E-state index contributed by atoms with van der Waals surface area (Å²) in [5.41, 5.74) is 10.2. The first-order chi connectivity index (χ1) is 23.1. The third-order valence-electron chi connectivity index (χ3n) is 10.1. The predicted octanol–water partition coefficient (Wildman–Crippen LogP) is 9.14. The van der Waals surface area contributed by atoms with Crippen molar-refractivity contribution in [2.24, 2.45) is 0 Å². The number of nitrogens with zero attached hydrogens (tertiary/aromatic N) is 4. The lowest BCUT2D eigenvalue weighted by atomic mass is 10.1. The van der Waals surface area contributed by atoms with E-state index in [2.05, 4.69) is 168 Å². The van der Waals surface area contributed by atoms with Gasteiger partial charge in [0.2, 0.25) is 5.95 Å². The SMILES string of the molecule is C[Si]1(C)c2ccccc2-c2nc(-n3c4ccccc4c4cc5c6ccccc6n(-c6ccccc6)c5cc43)nc(-c3ccccc3)c21. The number of fused-ring (bicyclic) bond motifs is 9. The van der Waals surface area contributed by atoms with Gasteiger partial charge in [0.05, 0.1) is 33.5 Å². The van der Waals surface area contributed by atoms with Gasteiger partial charge in [0.1, 0.15) is 8.07 Å². The van der Waals surface area contributed by atoms with Gasteiger partial charge in [0, 0.05) is 32.8 Å². The van der Waals surface area contributed by atoms with Gasteiger partial charge in [-0.3, -0.25) is 4.57 Å². The zero-order chi connectivity index (χ0) is 31.3. The van der Waals surface area contributed by atoms with Crippen molar-refractivity contribution >= 4 is 62.1 Å². The number of rotatable bonds is 3. The molecule has 0 spiro atoms. The van der Waals surface area contributed by atoms with Crippen LogP contribution in [0.4, 0.5) is 0 Å². The Bertz CT molecular complexity index is 2700.